The largest absolute Gasteiger partial charge is 0.397 e. The monoisotopic (exact) mass is 277 g/mol. The Balaban J connectivity index is 2.12. The minimum Gasteiger partial charge on any atom is -0.397 e. The maximum Gasteiger partial charge on any atom is 0.253 e. The number of aliphatic hydroxyl groups excluding tert-OH is 1. The lowest BCUT2D eigenvalue weighted by atomic mass is 10.0. The fourth-order valence-electron chi connectivity index (χ4n) is 2.73. The highest BCUT2D eigenvalue weighted by Crippen LogP contribution is 2.30. The zero-order valence-corrected chi connectivity index (χ0v) is 12.1. The molecule has 2 unspecified atom stereocenters. The summed E-state index contributed by atoms with van der Waals surface area (Å²) in [6, 6.07) is 5.59. The van der Waals surface area contributed by atoms with Gasteiger partial charge in [0.25, 0.3) is 5.91 Å². The molecule has 1 aromatic carbocycles. The minimum absolute atomic E-state index is 0.0580. The normalized spacial score (nSPS) is 21.8. The van der Waals surface area contributed by atoms with E-state index in [9.17, 15) is 9.90 Å². The summed E-state index contributed by atoms with van der Waals surface area (Å²) in [5.41, 5.74) is 8.02. The number of carbonyl (C=O) groups excluding carboxylic acids is 1. The molecule has 1 fully saturated rings. The van der Waals surface area contributed by atoms with E-state index in [1.54, 1.807) is 26.2 Å². The van der Waals surface area contributed by atoms with Gasteiger partial charge in [-0.25, -0.2) is 0 Å². The summed E-state index contributed by atoms with van der Waals surface area (Å²) in [5, 5.41) is 12.7. The summed E-state index contributed by atoms with van der Waals surface area (Å²) >= 11 is 0. The average Bonchev–Trinajstić information content (AvgIpc) is 2.87. The molecule has 0 radical (unpaired) electrons. The number of nitrogens with one attached hydrogen (secondary N) is 1. The molecule has 0 saturated heterocycles. The second-order valence-electron chi connectivity index (χ2n) is 5.63. The number of hydrogen-bond acceptors (Lipinski definition) is 4. The third kappa shape index (κ3) is 3.04. The Labute approximate surface area is 119 Å². The Kier molecular flexibility index (Phi) is 4.49. The van der Waals surface area contributed by atoms with E-state index in [1.807, 2.05) is 6.07 Å². The van der Waals surface area contributed by atoms with E-state index in [1.165, 1.54) is 4.90 Å². The SMILES string of the molecule is CN(C)C(=O)c1ccc(NC2CCCC2CO)c(N)c1. The van der Waals surface area contributed by atoms with E-state index in [4.69, 9.17) is 5.73 Å². The highest BCUT2D eigenvalue weighted by Gasteiger charge is 2.26. The molecule has 1 saturated carbocycles. The molecule has 0 aliphatic heterocycles. The van der Waals surface area contributed by atoms with Gasteiger partial charge in [-0.1, -0.05) is 6.42 Å². The number of hydrogen-bond donors (Lipinski definition) is 3. The smallest absolute Gasteiger partial charge is 0.253 e. The number of nitrogens with two attached hydrogens (primary N) is 1. The molecule has 4 N–H and O–H groups in total. The summed E-state index contributed by atoms with van der Waals surface area (Å²) in [4.78, 5) is 13.4. The van der Waals surface area contributed by atoms with Gasteiger partial charge < -0.3 is 21.1 Å². The van der Waals surface area contributed by atoms with Crippen LogP contribution in [0, 0.1) is 5.92 Å². The van der Waals surface area contributed by atoms with Gasteiger partial charge in [0, 0.05) is 38.2 Å². The molecule has 0 spiro atoms. The van der Waals surface area contributed by atoms with Crippen molar-refractivity contribution in [2.45, 2.75) is 25.3 Å². The molecule has 0 aromatic heterocycles. The second-order valence-corrected chi connectivity index (χ2v) is 5.63. The number of benzene rings is 1. The molecular formula is C15H23N3O2. The van der Waals surface area contributed by atoms with Gasteiger partial charge >= 0.3 is 0 Å². The van der Waals surface area contributed by atoms with E-state index in [0.717, 1.165) is 24.9 Å². The van der Waals surface area contributed by atoms with Crippen LogP contribution in [0.1, 0.15) is 29.6 Å². The van der Waals surface area contributed by atoms with E-state index >= 15 is 0 Å². The van der Waals surface area contributed by atoms with Crippen LogP contribution in [0.5, 0.6) is 0 Å². The van der Waals surface area contributed by atoms with Crippen molar-refractivity contribution in [1.82, 2.24) is 4.90 Å². The first kappa shape index (κ1) is 14.7. The van der Waals surface area contributed by atoms with E-state index in [2.05, 4.69) is 5.32 Å². The number of amides is 1. The van der Waals surface area contributed by atoms with Gasteiger partial charge in [0.1, 0.15) is 0 Å². The first-order chi connectivity index (χ1) is 9.52. The third-order valence-corrected chi connectivity index (χ3v) is 3.94. The number of rotatable bonds is 4. The first-order valence-electron chi connectivity index (χ1n) is 7.01. The standard InChI is InChI=1S/C15H23N3O2/c1-18(2)15(20)10-6-7-14(12(16)8-10)17-13-5-3-4-11(13)9-19/h6-8,11,13,17,19H,3-5,9,16H2,1-2H3. The molecule has 1 aliphatic carbocycles. The van der Waals surface area contributed by atoms with Gasteiger partial charge in [-0.3, -0.25) is 4.79 Å². The molecule has 5 heteroatoms. The van der Waals surface area contributed by atoms with Gasteiger partial charge in [-0.2, -0.15) is 0 Å². The van der Waals surface area contributed by atoms with Crippen molar-refractivity contribution in [3.05, 3.63) is 23.8 Å². The quantitative estimate of drug-likeness (QED) is 0.730. The summed E-state index contributed by atoms with van der Waals surface area (Å²) < 4.78 is 0. The average molecular weight is 277 g/mol. The molecule has 110 valence electrons. The zero-order chi connectivity index (χ0) is 14.7. The maximum absolute atomic E-state index is 11.9. The number of carbonyl (C=O) groups is 1. The third-order valence-electron chi connectivity index (χ3n) is 3.94. The predicted octanol–water partition coefficient (Wildman–Crippen LogP) is 1.54. The lowest BCUT2D eigenvalue weighted by Crippen LogP contribution is -2.27. The Morgan fingerprint density at radius 2 is 2.20 bits per heavy atom. The molecule has 1 aliphatic rings. The molecular weight excluding hydrogens is 254 g/mol. The first-order valence-corrected chi connectivity index (χ1v) is 7.01. The van der Waals surface area contributed by atoms with Gasteiger partial charge in [-0.15, -0.1) is 0 Å². The van der Waals surface area contributed by atoms with Crippen molar-refractivity contribution in [2.75, 3.05) is 31.8 Å². The highest BCUT2D eigenvalue weighted by atomic mass is 16.3. The number of anilines is 2. The number of nitrogen functional groups attached to an aromatic ring is 1. The van der Waals surface area contributed by atoms with Crippen LogP contribution in [0.3, 0.4) is 0 Å². The van der Waals surface area contributed by atoms with Crippen LogP contribution in [-0.2, 0) is 0 Å². The van der Waals surface area contributed by atoms with Crippen molar-refractivity contribution in [3.63, 3.8) is 0 Å². The van der Waals surface area contributed by atoms with Crippen LogP contribution < -0.4 is 11.1 Å². The minimum atomic E-state index is -0.0580. The zero-order valence-electron chi connectivity index (χ0n) is 12.1. The summed E-state index contributed by atoms with van der Waals surface area (Å²) in [5.74, 6) is 0.231. The van der Waals surface area contributed by atoms with Gasteiger partial charge in [0.2, 0.25) is 0 Å². The predicted molar refractivity (Wildman–Crippen MR) is 80.7 cm³/mol. The van der Waals surface area contributed by atoms with Crippen LogP contribution in [0.25, 0.3) is 0 Å². The van der Waals surface area contributed by atoms with Gasteiger partial charge in [0.15, 0.2) is 0 Å². The number of nitrogens with zero attached hydrogens (tertiary/aromatic N) is 1. The fourth-order valence-corrected chi connectivity index (χ4v) is 2.73. The molecule has 0 bridgehead atoms. The molecule has 20 heavy (non-hydrogen) atoms. The Morgan fingerprint density at radius 3 is 2.80 bits per heavy atom. The fraction of sp³-hybridized carbons (Fsp3) is 0.533. The molecule has 1 aromatic rings. The molecule has 0 heterocycles. The second kappa shape index (κ2) is 6.13. The molecule has 1 amide bonds. The van der Waals surface area contributed by atoms with Crippen molar-refractivity contribution >= 4 is 17.3 Å². The van der Waals surface area contributed by atoms with Crippen molar-refractivity contribution in [2.24, 2.45) is 5.92 Å². The van der Waals surface area contributed by atoms with Crippen molar-refractivity contribution in [1.29, 1.82) is 0 Å². The summed E-state index contributed by atoms with van der Waals surface area (Å²) in [6.45, 7) is 0.203. The number of aliphatic hydroxyl groups is 1. The van der Waals surface area contributed by atoms with E-state index in [0.29, 0.717) is 11.3 Å². The van der Waals surface area contributed by atoms with Crippen molar-refractivity contribution < 1.29 is 9.90 Å². The lowest BCUT2D eigenvalue weighted by Gasteiger charge is -2.21. The summed E-state index contributed by atoms with van der Waals surface area (Å²) in [6.07, 6.45) is 3.22. The van der Waals surface area contributed by atoms with Crippen LogP contribution >= 0.6 is 0 Å². The molecule has 2 rings (SSSR count). The Bertz CT molecular complexity index is 488. The maximum atomic E-state index is 11.9. The van der Waals surface area contributed by atoms with E-state index < -0.39 is 0 Å². The van der Waals surface area contributed by atoms with Crippen molar-refractivity contribution in [3.8, 4) is 0 Å². The topological polar surface area (TPSA) is 78.6 Å². The Hall–Kier alpha value is -1.75. The summed E-state index contributed by atoms with van der Waals surface area (Å²) in [7, 11) is 3.43. The van der Waals surface area contributed by atoms with Crippen LogP contribution in [-0.4, -0.2) is 42.7 Å². The van der Waals surface area contributed by atoms with Crippen LogP contribution in [0.4, 0.5) is 11.4 Å². The lowest BCUT2D eigenvalue weighted by molar-refractivity contribution is 0.0827. The van der Waals surface area contributed by atoms with Crippen LogP contribution in [0.15, 0.2) is 18.2 Å². The van der Waals surface area contributed by atoms with E-state index in [-0.39, 0.29) is 24.5 Å². The van der Waals surface area contributed by atoms with Gasteiger partial charge in [-0.05, 0) is 31.0 Å². The van der Waals surface area contributed by atoms with Gasteiger partial charge in [0.05, 0.1) is 11.4 Å². The molecule has 5 nitrogen and oxygen atoms in total. The molecule has 2 atom stereocenters. The highest BCUT2D eigenvalue weighted by molar-refractivity contribution is 5.95. The van der Waals surface area contributed by atoms with Crippen LogP contribution in [0.2, 0.25) is 0 Å². The Morgan fingerprint density at radius 1 is 1.45 bits per heavy atom.